The number of benzene rings is 1. The molecule has 0 saturated carbocycles. The van der Waals surface area contributed by atoms with Gasteiger partial charge < -0.3 is 14.2 Å². The van der Waals surface area contributed by atoms with E-state index in [1.807, 2.05) is 0 Å². The molecular formula is C12H11BrO5. The predicted molar refractivity (Wildman–Crippen MR) is 65.6 cm³/mol. The molecule has 1 aromatic carbocycles. The van der Waals surface area contributed by atoms with Crippen LogP contribution in [0.5, 0.6) is 5.75 Å². The molecule has 1 heterocycles. The third-order valence-electron chi connectivity index (χ3n) is 2.71. The van der Waals surface area contributed by atoms with Crippen LogP contribution in [0.2, 0.25) is 0 Å². The number of rotatable bonds is 2. The van der Waals surface area contributed by atoms with Gasteiger partial charge in [-0.3, -0.25) is 4.79 Å². The standard InChI is InChI=1S/C12H11BrO5/c1-16-9-4-6(13)3-7-8(9)5-18-11(10(7)14)12(15)17-2/h3-4,11H,5H2,1-2H3. The fourth-order valence-corrected chi connectivity index (χ4v) is 2.27. The molecule has 18 heavy (non-hydrogen) atoms. The first-order valence-electron chi connectivity index (χ1n) is 5.18. The van der Waals surface area contributed by atoms with Crippen molar-refractivity contribution in [3.8, 4) is 5.75 Å². The van der Waals surface area contributed by atoms with Crippen LogP contribution in [0.1, 0.15) is 15.9 Å². The van der Waals surface area contributed by atoms with Crippen LogP contribution in [0.4, 0.5) is 0 Å². The SMILES string of the molecule is COC(=O)C1OCc2c(OC)cc(Br)cc2C1=O. The molecular weight excluding hydrogens is 304 g/mol. The van der Waals surface area contributed by atoms with Crippen molar-refractivity contribution in [2.24, 2.45) is 0 Å². The molecule has 0 spiro atoms. The van der Waals surface area contributed by atoms with Gasteiger partial charge in [0.15, 0.2) is 0 Å². The lowest BCUT2D eigenvalue weighted by Crippen LogP contribution is -2.37. The summed E-state index contributed by atoms with van der Waals surface area (Å²) in [6, 6.07) is 3.40. The number of carbonyl (C=O) groups excluding carboxylic acids is 2. The summed E-state index contributed by atoms with van der Waals surface area (Å²) in [5, 5.41) is 0. The van der Waals surface area contributed by atoms with Crippen LogP contribution in [0, 0.1) is 0 Å². The van der Waals surface area contributed by atoms with E-state index in [0.717, 1.165) is 0 Å². The minimum Gasteiger partial charge on any atom is -0.496 e. The van der Waals surface area contributed by atoms with E-state index >= 15 is 0 Å². The summed E-state index contributed by atoms with van der Waals surface area (Å²) < 4.78 is 15.7. The number of ketones is 1. The number of fused-ring (bicyclic) bond motifs is 1. The fourth-order valence-electron chi connectivity index (χ4n) is 1.83. The Morgan fingerprint density at radius 1 is 1.44 bits per heavy atom. The summed E-state index contributed by atoms with van der Waals surface area (Å²) in [6.45, 7) is 0.136. The molecule has 2 rings (SSSR count). The van der Waals surface area contributed by atoms with Gasteiger partial charge >= 0.3 is 5.97 Å². The zero-order chi connectivity index (χ0) is 13.3. The van der Waals surface area contributed by atoms with E-state index in [0.29, 0.717) is 21.3 Å². The number of halogens is 1. The third kappa shape index (κ3) is 2.13. The van der Waals surface area contributed by atoms with Crippen molar-refractivity contribution in [3.63, 3.8) is 0 Å². The largest absolute Gasteiger partial charge is 0.496 e. The molecule has 0 saturated heterocycles. The monoisotopic (exact) mass is 314 g/mol. The molecule has 1 aliphatic heterocycles. The molecule has 0 aromatic heterocycles. The van der Waals surface area contributed by atoms with Gasteiger partial charge in [-0.2, -0.15) is 0 Å². The number of esters is 1. The van der Waals surface area contributed by atoms with Crippen LogP contribution < -0.4 is 4.74 Å². The zero-order valence-corrected chi connectivity index (χ0v) is 11.4. The molecule has 1 aromatic rings. The van der Waals surface area contributed by atoms with Crippen molar-refractivity contribution in [1.82, 2.24) is 0 Å². The molecule has 1 unspecified atom stereocenters. The normalized spacial score (nSPS) is 18.2. The Kier molecular flexibility index (Phi) is 3.68. The van der Waals surface area contributed by atoms with Crippen molar-refractivity contribution < 1.29 is 23.8 Å². The molecule has 0 bridgehead atoms. The van der Waals surface area contributed by atoms with E-state index in [-0.39, 0.29) is 6.61 Å². The lowest BCUT2D eigenvalue weighted by Gasteiger charge is -2.23. The average molecular weight is 315 g/mol. The summed E-state index contributed by atoms with van der Waals surface area (Å²) in [6.07, 6.45) is -1.19. The van der Waals surface area contributed by atoms with E-state index in [1.54, 1.807) is 12.1 Å². The highest BCUT2D eigenvalue weighted by Crippen LogP contribution is 2.32. The van der Waals surface area contributed by atoms with Crippen LogP contribution in [0.3, 0.4) is 0 Å². The second-order valence-electron chi connectivity index (χ2n) is 3.71. The number of carbonyl (C=O) groups is 2. The van der Waals surface area contributed by atoms with E-state index < -0.39 is 17.9 Å². The predicted octanol–water partition coefficient (Wildman–Crippen LogP) is 1.71. The number of methoxy groups -OCH3 is 2. The first-order chi connectivity index (χ1) is 8.58. The lowest BCUT2D eigenvalue weighted by atomic mass is 9.97. The molecule has 5 nitrogen and oxygen atoms in total. The minimum absolute atomic E-state index is 0.136. The number of ether oxygens (including phenoxy) is 3. The molecule has 1 aliphatic rings. The minimum atomic E-state index is -1.19. The molecule has 1 atom stereocenters. The Hall–Kier alpha value is -1.40. The summed E-state index contributed by atoms with van der Waals surface area (Å²) in [7, 11) is 2.73. The van der Waals surface area contributed by atoms with Crippen LogP contribution >= 0.6 is 15.9 Å². The first-order valence-corrected chi connectivity index (χ1v) is 5.97. The Bertz CT molecular complexity index is 511. The van der Waals surface area contributed by atoms with Crippen molar-refractivity contribution in [3.05, 3.63) is 27.7 Å². The molecule has 0 aliphatic carbocycles. The fraction of sp³-hybridized carbons (Fsp3) is 0.333. The van der Waals surface area contributed by atoms with Gasteiger partial charge in [-0.25, -0.2) is 4.79 Å². The first kappa shape index (κ1) is 13.0. The molecule has 0 fully saturated rings. The maximum Gasteiger partial charge on any atom is 0.343 e. The Morgan fingerprint density at radius 3 is 2.78 bits per heavy atom. The summed E-state index contributed by atoms with van der Waals surface area (Å²) in [5.74, 6) is -0.552. The van der Waals surface area contributed by atoms with Crippen LogP contribution in [-0.4, -0.2) is 32.1 Å². The van der Waals surface area contributed by atoms with Crippen molar-refractivity contribution in [2.45, 2.75) is 12.7 Å². The van der Waals surface area contributed by atoms with Gasteiger partial charge in [0, 0.05) is 15.6 Å². The van der Waals surface area contributed by atoms with Crippen molar-refractivity contribution in [1.29, 1.82) is 0 Å². The number of Topliss-reactive ketones (excluding diaryl/α,β-unsaturated/α-hetero) is 1. The van der Waals surface area contributed by atoms with Gasteiger partial charge in [0.2, 0.25) is 11.9 Å². The maximum absolute atomic E-state index is 12.1. The smallest absolute Gasteiger partial charge is 0.343 e. The molecule has 6 heteroatoms. The highest BCUT2D eigenvalue weighted by Gasteiger charge is 2.36. The zero-order valence-electron chi connectivity index (χ0n) is 9.86. The molecule has 0 radical (unpaired) electrons. The van der Waals surface area contributed by atoms with Gasteiger partial charge in [-0.1, -0.05) is 15.9 Å². The third-order valence-corrected chi connectivity index (χ3v) is 3.16. The quantitative estimate of drug-likeness (QED) is 0.614. The Balaban J connectivity index is 2.46. The van der Waals surface area contributed by atoms with Crippen molar-refractivity contribution >= 4 is 27.7 Å². The second kappa shape index (κ2) is 5.07. The lowest BCUT2D eigenvalue weighted by molar-refractivity contribution is -0.151. The van der Waals surface area contributed by atoms with Gasteiger partial charge in [-0.15, -0.1) is 0 Å². The number of hydrogen-bond acceptors (Lipinski definition) is 5. The second-order valence-corrected chi connectivity index (χ2v) is 4.63. The van der Waals surface area contributed by atoms with Crippen LogP contribution in [0.25, 0.3) is 0 Å². The highest BCUT2D eigenvalue weighted by molar-refractivity contribution is 9.10. The summed E-state index contributed by atoms with van der Waals surface area (Å²) >= 11 is 3.29. The van der Waals surface area contributed by atoms with Gasteiger partial charge in [0.1, 0.15) is 5.75 Å². The summed E-state index contributed by atoms with van der Waals surface area (Å²) in [5.41, 5.74) is 1.06. The molecule has 0 N–H and O–H groups in total. The molecule has 96 valence electrons. The highest BCUT2D eigenvalue weighted by atomic mass is 79.9. The van der Waals surface area contributed by atoms with Crippen LogP contribution in [0.15, 0.2) is 16.6 Å². The van der Waals surface area contributed by atoms with Gasteiger partial charge in [-0.05, 0) is 12.1 Å². The molecule has 0 amide bonds. The van der Waals surface area contributed by atoms with E-state index in [4.69, 9.17) is 9.47 Å². The van der Waals surface area contributed by atoms with Gasteiger partial charge in [0.05, 0.1) is 20.8 Å². The number of hydrogen-bond donors (Lipinski definition) is 0. The topological polar surface area (TPSA) is 61.8 Å². The Morgan fingerprint density at radius 2 is 2.17 bits per heavy atom. The van der Waals surface area contributed by atoms with Crippen molar-refractivity contribution in [2.75, 3.05) is 14.2 Å². The van der Waals surface area contributed by atoms with E-state index in [9.17, 15) is 9.59 Å². The van der Waals surface area contributed by atoms with E-state index in [1.165, 1.54) is 14.2 Å². The van der Waals surface area contributed by atoms with Crippen LogP contribution in [-0.2, 0) is 20.9 Å². The summed E-state index contributed by atoms with van der Waals surface area (Å²) in [4.78, 5) is 23.6. The maximum atomic E-state index is 12.1. The van der Waals surface area contributed by atoms with Gasteiger partial charge in [0.25, 0.3) is 0 Å². The Labute approximate surface area is 112 Å². The van der Waals surface area contributed by atoms with E-state index in [2.05, 4.69) is 20.7 Å². The average Bonchev–Trinajstić information content (AvgIpc) is 2.38.